The third-order valence-corrected chi connectivity index (χ3v) is 29.8. The predicted molar refractivity (Wildman–Crippen MR) is 623 cm³/mol. The minimum atomic E-state index is 0.131. The predicted octanol–water partition coefficient (Wildman–Crippen LogP) is 27.6. The zero-order chi connectivity index (χ0) is 105. The number of hydrogen-bond acceptors (Lipinski definition) is 16. The highest BCUT2D eigenvalue weighted by atomic mass is 16.2. The van der Waals surface area contributed by atoms with Crippen molar-refractivity contribution in [3.05, 3.63) is 222 Å². The van der Waals surface area contributed by atoms with Gasteiger partial charge in [-0.2, -0.15) is 0 Å². The van der Waals surface area contributed by atoms with Crippen LogP contribution in [0.2, 0.25) is 0 Å². The fraction of sp³-hybridized carbons (Fsp3) is 0.552. The number of unbranched alkanes of at least 4 members (excludes halogenated alkanes) is 4. The molecule has 0 saturated carbocycles. The number of benzene rings is 8. The van der Waals surface area contributed by atoms with Crippen molar-refractivity contribution < 1.29 is 19.2 Å². The van der Waals surface area contributed by atoms with Gasteiger partial charge in [0, 0.05) is 124 Å². The van der Waals surface area contributed by atoms with Gasteiger partial charge in [-0.15, -0.1) is 0 Å². The molecule has 149 heavy (non-hydrogen) atoms. The van der Waals surface area contributed by atoms with Crippen LogP contribution in [-0.2, 0) is 32.7 Å². The Bertz CT molecular complexity index is 5710. The lowest BCUT2D eigenvalue weighted by Gasteiger charge is -2.26. The molecule has 12 aromatic rings. The second-order valence-electron chi connectivity index (χ2n) is 43.8. The highest BCUT2D eigenvalue weighted by molar-refractivity contribution is 6.01. The number of anilines is 7. The van der Waals surface area contributed by atoms with Crippen LogP contribution in [0.4, 0.5) is 40.9 Å². The maximum absolute atomic E-state index is 13.7. The van der Waals surface area contributed by atoms with Crippen molar-refractivity contribution in [2.24, 2.45) is 23.7 Å². The zero-order valence-corrected chi connectivity index (χ0v) is 93.0. The number of piperidine rings is 4. The monoisotopic (exact) mass is 2030 g/mol. The van der Waals surface area contributed by atoms with Crippen molar-refractivity contribution in [1.82, 2.24) is 77.4 Å². The second kappa shape index (κ2) is 61.8. The number of para-hydroxylation sites is 3. The lowest BCUT2D eigenvalue weighted by molar-refractivity contribution is 0.0733. The number of imidazole rings is 4. The van der Waals surface area contributed by atoms with Gasteiger partial charge in [0.25, 0.3) is 23.6 Å². The number of aryl methyl sites for hydroxylation is 4. The molecule has 0 unspecified atom stereocenters. The lowest BCUT2D eigenvalue weighted by Crippen LogP contribution is -2.34. The molecule has 4 aliphatic rings. The number of fused-ring (bicyclic) bond motifs is 4. The quantitative estimate of drug-likeness (QED) is 0.0279. The molecule has 4 saturated heterocycles. The Hall–Kier alpha value is -11.4. The Morgan fingerprint density at radius 2 is 0.497 bits per heavy atom. The van der Waals surface area contributed by atoms with Crippen LogP contribution in [0.25, 0.3) is 44.1 Å². The third-order valence-electron chi connectivity index (χ3n) is 29.8. The van der Waals surface area contributed by atoms with E-state index in [-0.39, 0.29) is 23.6 Å². The molecular formula is C125H182N20O4. The van der Waals surface area contributed by atoms with E-state index in [4.69, 9.17) is 19.9 Å². The largest absolute Gasteiger partial charge is 0.352 e. The molecule has 4 aromatic heterocycles. The number of likely N-dealkylation sites (tertiary alicyclic amines) is 4. The van der Waals surface area contributed by atoms with Crippen molar-refractivity contribution >= 4 is 109 Å². The average Bonchev–Trinajstić information content (AvgIpc) is 1.64. The molecule has 4 N–H and O–H groups in total. The molecule has 4 fully saturated rings. The average molecular weight is 2030 g/mol. The number of hydrogen-bond donors (Lipinski definition) is 4. The smallest absolute Gasteiger partial charge is 0.253 e. The van der Waals surface area contributed by atoms with Crippen LogP contribution in [0.1, 0.15) is 310 Å². The summed E-state index contributed by atoms with van der Waals surface area (Å²) in [6.07, 6.45) is 32.8. The number of carbonyl (C=O) groups excluding carboxylic acids is 4. The molecule has 24 heteroatoms. The van der Waals surface area contributed by atoms with E-state index in [1.807, 2.05) is 119 Å². The first-order valence-corrected chi connectivity index (χ1v) is 58.0. The van der Waals surface area contributed by atoms with Gasteiger partial charge in [-0.1, -0.05) is 219 Å². The molecule has 0 aliphatic carbocycles. The minimum absolute atomic E-state index is 0.131. The van der Waals surface area contributed by atoms with Crippen molar-refractivity contribution in [2.45, 2.75) is 296 Å². The Morgan fingerprint density at radius 3 is 0.738 bits per heavy atom. The van der Waals surface area contributed by atoms with Crippen LogP contribution in [0, 0.1) is 23.7 Å². The number of aromatic nitrogens is 8. The standard InChI is InChI=1S/C33H49N5O.C32H47N5O.2C30H43N5O/c1-26(2)16-22-37(23-17-27(3)4)32(39)29-14-15-30-31(24-29)38(21-11-20-36-18-9-6-10-19-36)33(35-30)34-25-28-12-7-5-8-13-28;1-25(2)16-22-36(23-17-26(3)4)31(38)27-14-15-29-30(24-27)37(21-11-20-35-18-9-6-10-19-35)32(34-29)33-28-12-7-5-8-13-28;2*1-3-5-21-34(22-6-4-2)29(36)25-16-17-27-28(24-25)35(23-13-20-33-18-11-8-12-19-33)30(32-27)31-26-14-9-7-10-15-26/h5,7-8,12-15,24,26-27H,6,9-11,16-23,25H2,1-4H3,(H,34,35);5,7-8,12-15,24-26H,6,9-11,16-23H2,1-4H3,(H,33,34);2*7,9-10,14-17,24H,3-6,8,11-13,18-23H2,1-2H3,(H,31,32). The van der Waals surface area contributed by atoms with Gasteiger partial charge in [0.05, 0.1) is 44.1 Å². The van der Waals surface area contributed by atoms with Gasteiger partial charge >= 0.3 is 0 Å². The number of amides is 4. The van der Waals surface area contributed by atoms with Crippen LogP contribution < -0.4 is 21.3 Å². The van der Waals surface area contributed by atoms with Crippen LogP contribution in [-0.4, -0.2) is 232 Å². The van der Waals surface area contributed by atoms with E-state index in [9.17, 15) is 19.2 Å². The van der Waals surface area contributed by atoms with Crippen LogP contribution in [0.3, 0.4) is 0 Å². The van der Waals surface area contributed by atoms with Gasteiger partial charge in [0.2, 0.25) is 23.8 Å². The van der Waals surface area contributed by atoms with Gasteiger partial charge in [-0.3, -0.25) is 19.2 Å². The van der Waals surface area contributed by atoms with E-state index >= 15 is 0 Å². The summed E-state index contributed by atoms with van der Waals surface area (Å²) in [6, 6.07) is 65.3. The first-order valence-electron chi connectivity index (χ1n) is 58.0. The van der Waals surface area contributed by atoms with E-state index in [1.165, 1.54) is 135 Å². The highest BCUT2D eigenvalue weighted by Crippen LogP contribution is 2.33. The normalized spacial score (nSPS) is 14.4. The number of nitrogens with one attached hydrogen (secondary N) is 4. The Morgan fingerprint density at radius 1 is 0.268 bits per heavy atom. The molecule has 4 amide bonds. The number of rotatable bonds is 53. The van der Waals surface area contributed by atoms with Crippen molar-refractivity contribution in [3.63, 3.8) is 0 Å². The Labute approximate surface area is 893 Å². The molecule has 4 aliphatic heterocycles. The molecular weight excluding hydrogens is 1850 g/mol. The molecule has 8 heterocycles. The molecule has 0 atom stereocenters. The first-order chi connectivity index (χ1) is 72.7. The van der Waals surface area contributed by atoms with E-state index in [0.29, 0.717) is 23.7 Å². The van der Waals surface area contributed by atoms with Gasteiger partial charge in [-0.25, -0.2) is 19.9 Å². The van der Waals surface area contributed by atoms with E-state index in [1.54, 1.807) is 0 Å². The number of carbonyl (C=O) groups is 4. The summed E-state index contributed by atoms with van der Waals surface area (Å²) in [5.74, 6) is 6.23. The van der Waals surface area contributed by atoms with E-state index in [0.717, 1.165) is 321 Å². The molecule has 16 rings (SSSR count). The first kappa shape index (κ1) is 115. The van der Waals surface area contributed by atoms with Crippen LogP contribution >= 0.6 is 0 Å². The van der Waals surface area contributed by atoms with Gasteiger partial charge in [0.1, 0.15) is 0 Å². The maximum atomic E-state index is 13.7. The third kappa shape index (κ3) is 36.1. The minimum Gasteiger partial charge on any atom is -0.352 e. The lowest BCUT2D eigenvalue weighted by atomic mass is 10.1. The molecule has 0 spiro atoms. The van der Waals surface area contributed by atoms with E-state index in [2.05, 4.69) is 237 Å². The Balaban J connectivity index is 0.000000166. The topological polar surface area (TPSA) is 214 Å². The van der Waals surface area contributed by atoms with Crippen molar-refractivity contribution in [1.29, 1.82) is 0 Å². The molecule has 806 valence electrons. The van der Waals surface area contributed by atoms with E-state index < -0.39 is 0 Å². The summed E-state index contributed by atoms with van der Waals surface area (Å²) in [4.78, 5) is 92.8. The van der Waals surface area contributed by atoms with Gasteiger partial charge < -0.3 is 78.7 Å². The fourth-order valence-electron chi connectivity index (χ4n) is 20.7. The van der Waals surface area contributed by atoms with Gasteiger partial charge in [-0.05, 0) is 345 Å². The molecule has 0 bridgehead atoms. The van der Waals surface area contributed by atoms with Crippen molar-refractivity contribution in [2.75, 3.05) is 152 Å². The number of nitrogens with zero attached hydrogens (tertiary/aromatic N) is 16. The fourth-order valence-corrected chi connectivity index (χ4v) is 20.7. The maximum Gasteiger partial charge on any atom is 0.253 e. The Kier molecular flexibility index (Phi) is 47.5. The molecule has 24 nitrogen and oxygen atoms in total. The summed E-state index contributed by atoms with van der Waals surface area (Å²) >= 11 is 0. The summed E-state index contributed by atoms with van der Waals surface area (Å²) in [5.41, 5.74) is 15.2. The second-order valence-corrected chi connectivity index (χ2v) is 43.8. The van der Waals surface area contributed by atoms with Crippen LogP contribution in [0.15, 0.2) is 194 Å². The summed E-state index contributed by atoms with van der Waals surface area (Å²) < 4.78 is 9.11. The summed E-state index contributed by atoms with van der Waals surface area (Å²) in [5, 5.41) is 14.2. The molecule has 0 radical (unpaired) electrons. The summed E-state index contributed by atoms with van der Waals surface area (Å²) in [7, 11) is 0. The summed E-state index contributed by atoms with van der Waals surface area (Å²) in [6.45, 7) is 51.3. The van der Waals surface area contributed by atoms with Crippen LogP contribution in [0.5, 0.6) is 0 Å². The highest BCUT2D eigenvalue weighted by Gasteiger charge is 2.28. The van der Waals surface area contributed by atoms with Crippen molar-refractivity contribution in [3.8, 4) is 0 Å². The zero-order valence-electron chi connectivity index (χ0n) is 93.0. The SMILES string of the molecule is CC(C)CCN(CCC(C)C)C(=O)c1ccc2nc(NCc3ccccc3)n(CCCN3CCCCC3)c2c1.CC(C)CCN(CCC(C)C)C(=O)c1ccc2nc(Nc3ccccc3)n(CCCN3CCCCC3)c2c1.CCCCN(CCCC)C(=O)c1ccc2nc(Nc3ccccc3)n(CCCN3CCCCC3)c2c1.CCCCN(CCCC)C(=O)c1ccc2nc(Nc3ccccc3)n(CCCN3CCCCC3)c2c1. The molecule has 8 aromatic carbocycles. The van der Waals surface area contributed by atoms with Gasteiger partial charge in [0.15, 0.2) is 0 Å².